The summed E-state index contributed by atoms with van der Waals surface area (Å²) in [5.41, 5.74) is 0.897. The lowest BCUT2D eigenvalue weighted by Gasteiger charge is -2.19. The number of carbonyl (C=O) groups is 1. The predicted octanol–water partition coefficient (Wildman–Crippen LogP) is 1.54. The van der Waals surface area contributed by atoms with Gasteiger partial charge in [-0.05, 0) is 38.5 Å². The predicted molar refractivity (Wildman–Crippen MR) is 86.2 cm³/mol. The summed E-state index contributed by atoms with van der Waals surface area (Å²) in [4.78, 5) is 11.9. The Labute approximate surface area is 132 Å². The molecule has 1 aromatic carbocycles. The van der Waals surface area contributed by atoms with E-state index in [1.54, 1.807) is 0 Å². The van der Waals surface area contributed by atoms with Gasteiger partial charge < -0.3 is 10.1 Å². The Kier molecular flexibility index (Phi) is 6.37. The Hall–Kier alpha value is -1.60. The molecule has 0 radical (unpaired) electrons. The lowest BCUT2D eigenvalue weighted by molar-refractivity contribution is -0.121. The maximum Gasteiger partial charge on any atom is 0.235 e. The molecule has 0 aliphatic carbocycles. The summed E-state index contributed by atoms with van der Waals surface area (Å²) in [6, 6.07) is 7.23. The van der Waals surface area contributed by atoms with Crippen LogP contribution < -0.4 is 10.1 Å². The second-order valence-corrected chi connectivity index (χ2v) is 7.64. The molecule has 7 heteroatoms. The van der Waals surface area contributed by atoms with Crippen molar-refractivity contribution in [3.8, 4) is 5.75 Å². The molecule has 1 rings (SSSR count). The third-order valence-corrected chi connectivity index (χ3v) is 4.30. The van der Waals surface area contributed by atoms with Gasteiger partial charge in [0.25, 0.3) is 0 Å². The SMILES string of the molecule is CC(C)Oc1cccc([C@@H](C)NC(=O)CN(C)S(C)(=O)=O)c1. The van der Waals surface area contributed by atoms with E-state index in [-0.39, 0.29) is 24.6 Å². The van der Waals surface area contributed by atoms with E-state index in [1.165, 1.54) is 7.05 Å². The molecule has 0 saturated heterocycles. The van der Waals surface area contributed by atoms with Crippen molar-refractivity contribution in [3.63, 3.8) is 0 Å². The van der Waals surface area contributed by atoms with Crippen molar-refractivity contribution < 1.29 is 17.9 Å². The van der Waals surface area contributed by atoms with Crippen LogP contribution >= 0.6 is 0 Å². The van der Waals surface area contributed by atoms with Gasteiger partial charge >= 0.3 is 0 Å². The molecule has 1 amide bonds. The lowest BCUT2D eigenvalue weighted by atomic mass is 10.1. The maximum atomic E-state index is 11.9. The first-order valence-corrected chi connectivity index (χ1v) is 8.91. The van der Waals surface area contributed by atoms with Crippen LogP contribution in [0.5, 0.6) is 5.75 Å². The van der Waals surface area contributed by atoms with Crippen molar-refractivity contribution in [1.82, 2.24) is 9.62 Å². The molecule has 0 aliphatic heterocycles. The molecule has 0 bridgehead atoms. The highest BCUT2D eigenvalue weighted by molar-refractivity contribution is 7.88. The number of hydrogen-bond donors (Lipinski definition) is 1. The van der Waals surface area contributed by atoms with Crippen LogP contribution in [0.1, 0.15) is 32.4 Å². The summed E-state index contributed by atoms with van der Waals surface area (Å²) >= 11 is 0. The summed E-state index contributed by atoms with van der Waals surface area (Å²) in [6.07, 6.45) is 1.14. The Morgan fingerprint density at radius 3 is 2.50 bits per heavy atom. The highest BCUT2D eigenvalue weighted by Gasteiger charge is 2.17. The number of nitrogens with zero attached hydrogens (tertiary/aromatic N) is 1. The first kappa shape index (κ1) is 18.4. The van der Waals surface area contributed by atoms with Gasteiger partial charge in [0.1, 0.15) is 5.75 Å². The Bertz CT molecular complexity index is 614. The Morgan fingerprint density at radius 2 is 1.95 bits per heavy atom. The average Bonchev–Trinajstić information content (AvgIpc) is 2.36. The smallest absolute Gasteiger partial charge is 0.235 e. The molecular formula is C15H24N2O4S. The van der Waals surface area contributed by atoms with Gasteiger partial charge in [-0.25, -0.2) is 8.42 Å². The number of carbonyl (C=O) groups excluding carboxylic acids is 1. The van der Waals surface area contributed by atoms with E-state index in [0.717, 1.165) is 21.9 Å². The van der Waals surface area contributed by atoms with Crippen LogP contribution in [0.3, 0.4) is 0 Å². The molecule has 1 N–H and O–H groups in total. The molecule has 22 heavy (non-hydrogen) atoms. The summed E-state index contributed by atoms with van der Waals surface area (Å²) in [6.45, 7) is 5.52. The first-order chi connectivity index (χ1) is 10.1. The van der Waals surface area contributed by atoms with E-state index >= 15 is 0 Å². The number of rotatable bonds is 7. The van der Waals surface area contributed by atoms with Crippen molar-refractivity contribution in [2.75, 3.05) is 19.8 Å². The minimum Gasteiger partial charge on any atom is -0.491 e. The zero-order valence-corrected chi connectivity index (χ0v) is 14.5. The van der Waals surface area contributed by atoms with Crippen LogP contribution in [-0.4, -0.2) is 44.6 Å². The van der Waals surface area contributed by atoms with Crippen LogP contribution in [0.2, 0.25) is 0 Å². The van der Waals surface area contributed by atoms with Gasteiger partial charge in [0, 0.05) is 7.05 Å². The van der Waals surface area contributed by atoms with E-state index in [9.17, 15) is 13.2 Å². The fourth-order valence-electron chi connectivity index (χ4n) is 1.82. The van der Waals surface area contributed by atoms with E-state index < -0.39 is 10.0 Å². The molecule has 0 aliphatic rings. The highest BCUT2D eigenvalue weighted by atomic mass is 32.2. The standard InChI is InChI=1S/C15H24N2O4S/c1-11(2)21-14-8-6-7-13(9-14)12(3)16-15(18)10-17(4)22(5,19)20/h6-9,11-12H,10H2,1-5H3,(H,16,18)/t12-/m1/s1. The number of amides is 1. The van der Waals surface area contributed by atoms with Gasteiger partial charge in [0.05, 0.1) is 24.9 Å². The molecule has 1 atom stereocenters. The molecule has 0 heterocycles. The van der Waals surface area contributed by atoms with Gasteiger partial charge in [-0.15, -0.1) is 0 Å². The maximum absolute atomic E-state index is 11.9. The Balaban J connectivity index is 2.68. The van der Waals surface area contributed by atoms with Crippen LogP contribution in [-0.2, 0) is 14.8 Å². The van der Waals surface area contributed by atoms with E-state index in [4.69, 9.17) is 4.74 Å². The number of sulfonamides is 1. The van der Waals surface area contributed by atoms with Crippen molar-refractivity contribution >= 4 is 15.9 Å². The molecule has 0 saturated carbocycles. The molecule has 124 valence electrons. The molecule has 0 spiro atoms. The largest absolute Gasteiger partial charge is 0.491 e. The van der Waals surface area contributed by atoms with E-state index in [0.29, 0.717) is 0 Å². The number of ether oxygens (including phenoxy) is 1. The van der Waals surface area contributed by atoms with Crippen molar-refractivity contribution in [1.29, 1.82) is 0 Å². The zero-order valence-electron chi connectivity index (χ0n) is 13.7. The molecule has 0 fully saturated rings. The van der Waals surface area contributed by atoms with Crippen LogP contribution in [0.15, 0.2) is 24.3 Å². The fourth-order valence-corrected chi connectivity index (χ4v) is 2.17. The second-order valence-electron chi connectivity index (χ2n) is 5.55. The van der Waals surface area contributed by atoms with Gasteiger partial charge in [-0.1, -0.05) is 12.1 Å². The molecule has 1 aromatic rings. The minimum absolute atomic E-state index is 0.0727. The fraction of sp³-hybridized carbons (Fsp3) is 0.533. The van der Waals surface area contributed by atoms with Crippen molar-refractivity contribution in [2.45, 2.75) is 32.9 Å². The van der Waals surface area contributed by atoms with Crippen LogP contribution in [0, 0.1) is 0 Å². The number of hydrogen-bond acceptors (Lipinski definition) is 4. The third kappa shape index (κ3) is 6.03. The zero-order chi connectivity index (χ0) is 16.9. The monoisotopic (exact) mass is 328 g/mol. The summed E-state index contributed by atoms with van der Waals surface area (Å²) < 4.78 is 29.2. The first-order valence-electron chi connectivity index (χ1n) is 7.07. The third-order valence-electron chi connectivity index (χ3n) is 3.04. The van der Waals surface area contributed by atoms with Gasteiger partial charge in [0.15, 0.2) is 0 Å². The summed E-state index contributed by atoms with van der Waals surface area (Å²) in [7, 11) is -1.99. The Morgan fingerprint density at radius 1 is 1.32 bits per heavy atom. The second kappa shape index (κ2) is 7.60. The van der Waals surface area contributed by atoms with Gasteiger partial charge in [-0.2, -0.15) is 4.31 Å². The molecule has 6 nitrogen and oxygen atoms in total. The highest BCUT2D eigenvalue weighted by Crippen LogP contribution is 2.20. The number of nitrogens with one attached hydrogen (secondary N) is 1. The van der Waals surface area contributed by atoms with E-state index in [2.05, 4.69) is 5.32 Å². The number of likely N-dealkylation sites (N-methyl/N-ethyl adjacent to an activating group) is 1. The van der Waals surface area contributed by atoms with Gasteiger partial charge in [-0.3, -0.25) is 4.79 Å². The minimum atomic E-state index is -3.37. The normalized spacial score (nSPS) is 13.2. The quantitative estimate of drug-likeness (QED) is 0.824. The van der Waals surface area contributed by atoms with Gasteiger partial charge in [0.2, 0.25) is 15.9 Å². The summed E-state index contributed by atoms with van der Waals surface area (Å²) in [5, 5.41) is 2.78. The van der Waals surface area contributed by atoms with E-state index in [1.807, 2.05) is 45.0 Å². The van der Waals surface area contributed by atoms with Crippen LogP contribution in [0.25, 0.3) is 0 Å². The lowest BCUT2D eigenvalue weighted by Crippen LogP contribution is -2.38. The van der Waals surface area contributed by atoms with Crippen LogP contribution in [0.4, 0.5) is 0 Å². The molecular weight excluding hydrogens is 304 g/mol. The average molecular weight is 328 g/mol. The van der Waals surface area contributed by atoms with Crippen molar-refractivity contribution in [3.05, 3.63) is 29.8 Å². The summed E-state index contributed by atoms with van der Waals surface area (Å²) in [5.74, 6) is 0.387. The number of benzene rings is 1. The topological polar surface area (TPSA) is 75.7 Å². The van der Waals surface area contributed by atoms with Crippen molar-refractivity contribution in [2.24, 2.45) is 0 Å². The molecule has 0 aromatic heterocycles. The molecule has 0 unspecified atom stereocenters.